The molecular formula is C16H21BrN4. The largest absolute Gasteiger partial charge is 0.373 e. The second-order valence-electron chi connectivity index (χ2n) is 4.98. The maximum absolute atomic E-state index is 4.66. The normalized spacial score (nSPS) is 10.5. The van der Waals surface area contributed by atoms with Gasteiger partial charge in [0.15, 0.2) is 0 Å². The molecule has 1 aromatic heterocycles. The number of aromatic nitrogens is 2. The summed E-state index contributed by atoms with van der Waals surface area (Å²) in [4.78, 5) is 11.3. The monoisotopic (exact) mass is 348 g/mol. The van der Waals surface area contributed by atoms with Gasteiger partial charge in [0.1, 0.15) is 17.5 Å². The summed E-state index contributed by atoms with van der Waals surface area (Å²) < 4.78 is 1.12. The third-order valence-corrected chi connectivity index (χ3v) is 4.02. The smallest absolute Gasteiger partial charge is 0.134 e. The van der Waals surface area contributed by atoms with Crippen molar-refractivity contribution in [2.75, 3.05) is 24.3 Å². The Kier molecular flexibility index (Phi) is 5.56. The fourth-order valence-electron chi connectivity index (χ4n) is 2.11. The zero-order valence-electron chi connectivity index (χ0n) is 12.7. The van der Waals surface area contributed by atoms with Gasteiger partial charge in [-0.15, -0.1) is 0 Å². The number of hydrogen-bond acceptors (Lipinski definition) is 4. The van der Waals surface area contributed by atoms with E-state index in [0.717, 1.165) is 41.3 Å². The van der Waals surface area contributed by atoms with E-state index >= 15 is 0 Å². The Labute approximate surface area is 134 Å². The zero-order valence-corrected chi connectivity index (χ0v) is 14.3. The summed E-state index contributed by atoms with van der Waals surface area (Å²) in [7, 11) is 3.94. The minimum atomic E-state index is 0.799. The van der Waals surface area contributed by atoms with Crippen LogP contribution in [-0.4, -0.2) is 24.1 Å². The topological polar surface area (TPSA) is 41.1 Å². The molecule has 0 unspecified atom stereocenters. The number of rotatable bonds is 6. The van der Waals surface area contributed by atoms with Crippen LogP contribution in [0.3, 0.4) is 0 Å². The maximum Gasteiger partial charge on any atom is 0.134 e. The highest BCUT2D eigenvalue weighted by Crippen LogP contribution is 2.21. The number of anilines is 2. The Bertz CT molecular complexity index is 601. The van der Waals surface area contributed by atoms with Crippen LogP contribution >= 0.6 is 15.9 Å². The van der Waals surface area contributed by atoms with Crippen LogP contribution in [0.5, 0.6) is 0 Å². The average molecular weight is 349 g/mol. The molecule has 2 aromatic rings. The Morgan fingerprint density at radius 3 is 2.67 bits per heavy atom. The summed E-state index contributed by atoms with van der Waals surface area (Å²) in [6.45, 7) is 2.94. The molecule has 0 fully saturated rings. The molecule has 4 nitrogen and oxygen atoms in total. The van der Waals surface area contributed by atoms with Gasteiger partial charge in [-0.25, -0.2) is 9.97 Å². The summed E-state index contributed by atoms with van der Waals surface area (Å²) in [5.74, 6) is 2.69. The summed E-state index contributed by atoms with van der Waals surface area (Å²) in [6, 6.07) is 10.2. The van der Waals surface area contributed by atoms with Gasteiger partial charge in [0.2, 0.25) is 0 Å². The van der Waals surface area contributed by atoms with Crippen molar-refractivity contribution in [3.8, 4) is 0 Å². The maximum atomic E-state index is 4.66. The third kappa shape index (κ3) is 4.17. The molecule has 21 heavy (non-hydrogen) atoms. The summed E-state index contributed by atoms with van der Waals surface area (Å²) >= 11 is 3.59. The average Bonchev–Trinajstić information content (AvgIpc) is 2.49. The minimum absolute atomic E-state index is 0.799. The van der Waals surface area contributed by atoms with Crippen LogP contribution in [0.25, 0.3) is 0 Å². The molecule has 0 amide bonds. The SMILES string of the molecule is CCCc1nc(NC)cc(N(C)Cc2ccccc2Br)n1. The van der Waals surface area contributed by atoms with E-state index in [0.29, 0.717) is 0 Å². The standard InChI is InChI=1S/C16H21BrN4/c1-4-7-14-19-15(18-2)10-16(20-14)21(3)11-12-8-5-6-9-13(12)17/h5-6,8-10H,4,7,11H2,1-3H3,(H,18,19,20). The lowest BCUT2D eigenvalue weighted by atomic mass is 10.2. The van der Waals surface area contributed by atoms with Gasteiger partial charge < -0.3 is 10.2 Å². The highest BCUT2D eigenvalue weighted by atomic mass is 79.9. The second-order valence-corrected chi connectivity index (χ2v) is 5.83. The number of benzene rings is 1. The molecule has 0 spiro atoms. The van der Waals surface area contributed by atoms with E-state index < -0.39 is 0 Å². The number of nitrogens with zero attached hydrogens (tertiary/aromatic N) is 3. The van der Waals surface area contributed by atoms with Crippen molar-refractivity contribution in [1.29, 1.82) is 0 Å². The summed E-state index contributed by atoms with van der Waals surface area (Å²) in [5, 5.41) is 3.11. The molecule has 5 heteroatoms. The number of aryl methyl sites for hydroxylation is 1. The van der Waals surface area contributed by atoms with Gasteiger partial charge >= 0.3 is 0 Å². The minimum Gasteiger partial charge on any atom is -0.373 e. The first kappa shape index (κ1) is 15.8. The van der Waals surface area contributed by atoms with Crippen molar-refractivity contribution in [2.24, 2.45) is 0 Å². The lowest BCUT2D eigenvalue weighted by molar-refractivity contribution is 0.813. The van der Waals surface area contributed by atoms with Gasteiger partial charge in [0.25, 0.3) is 0 Å². The number of halogens is 1. The predicted molar refractivity (Wildman–Crippen MR) is 91.8 cm³/mol. The molecule has 0 aliphatic heterocycles. The molecule has 0 aliphatic rings. The first-order valence-electron chi connectivity index (χ1n) is 7.14. The number of hydrogen-bond donors (Lipinski definition) is 1. The summed E-state index contributed by atoms with van der Waals surface area (Å²) in [5.41, 5.74) is 1.24. The van der Waals surface area contributed by atoms with E-state index in [2.05, 4.69) is 68.3 Å². The van der Waals surface area contributed by atoms with E-state index in [1.807, 2.05) is 19.2 Å². The molecule has 0 radical (unpaired) electrons. The van der Waals surface area contributed by atoms with Crippen LogP contribution in [0.15, 0.2) is 34.8 Å². The van der Waals surface area contributed by atoms with Gasteiger partial charge in [0, 0.05) is 37.6 Å². The van der Waals surface area contributed by atoms with Crippen LogP contribution < -0.4 is 10.2 Å². The zero-order chi connectivity index (χ0) is 15.2. The summed E-state index contributed by atoms with van der Waals surface area (Å²) in [6.07, 6.45) is 1.94. The molecule has 1 aromatic carbocycles. The van der Waals surface area contributed by atoms with Crippen LogP contribution in [0.2, 0.25) is 0 Å². The van der Waals surface area contributed by atoms with Gasteiger partial charge in [-0.3, -0.25) is 0 Å². The Morgan fingerprint density at radius 2 is 2.00 bits per heavy atom. The van der Waals surface area contributed by atoms with Crippen molar-refractivity contribution in [3.05, 3.63) is 46.2 Å². The van der Waals surface area contributed by atoms with E-state index in [1.54, 1.807) is 0 Å². The Morgan fingerprint density at radius 1 is 1.24 bits per heavy atom. The van der Waals surface area contributed by atoms with Crippen LogP contribution in [0, 0.1) is 0 Å². The Balaban J connectivity index is 2.23. The highest BCUT2D eigenvalue weighted by molar-refractivity contribution is 9.10. The van der Waals surface area contributed by atoms with Crippen molar-refractivity contribution >= 4 is 27.6 Å². The second kappa shape index (κ2) is 7.41. The fraction of sp³-hybridized carbons (Fsp3) is 0.375. The fourth-order valence-corrected chi connectivity index (χ4v) is 2.52. The van der Waals surface area contributed by atoms with E-state index in [1.165, 1.54) is 5.56 Å². The Hall–Kier alpha value is -1.62. The van der Waals surface area contributed by atoms with E-state index in [9.17, 15) is 0 Å². The third-order valence-electron chi connectivity index (χ3n) is 3.25. The molecule has 1 N–H and O–H groups in total. The van der Waals surface area contributed by atoms with Crippen LogP contribution in [0.4, 0.5) is 11.6 Å². The van der Waals surface area contributed by atoms with Crippen molar-refractivity contribution < 1.29 is 0 Å². The quantitative estimate of drug-likeness (QED) is 0.860. The first-order valence-corrected chi connectivity index (χ1v) is 7.93. The molecular weight excluding hydrogens is 328 g/mol. The van der Waals surface area contributed by atoms with Crippen molar-refractivity contribution in [1.82, 2.24) is 9.97 Å². The molecule has 1 heterocycles. The lowest BCUT2D eigenvalue weighted by Gasteiger charge is -2.20. The van der Waals surface area contributed by atoms with Crippen molar-refractivity contribution in [3.63, 3.8) is 0 Å². The molecule has 0 aliphatic carbocycles. The molecule has 0 saturated carbocycles. The van der Waals surface area contributed by atoms with Gasteiger partial charge in [-0.1, -0.05) is 41.1 Å². The van der Waals surface area contributed by atoms with Crippen LogP contribution in [-0.2, 0) is 13.0 Å². The van der Waals surface area contributed by atoms with E-state index in [4.69, 9.17) is 0 Å². The lowest BCUT2D eigenvalue weighted by Crippen LogP contribution is -2.19. The van der Waals surface area contributed by atoms with Crippen LogP contribution in [0.1, 0.15) is 24.7 Å². The first-order chi connectivity index (χ1) is 10.1. The van der Waals surface area contributed by atoms with Gasteiger partial charge in [-0.2, -0.15) is 0 Å². The van der Waals surface area contributed by atoms with Gasteiger partial charge in [0.05, 0.1) is 0 Å². The molecule has 0 saturated heterocycles. The highest BCUT2D eigenvalue weighted by Gasteiger charge is 2.09. The molecule has 0 atom stereocenters. The molecule has 112 valence electrons. The number of nitrogens with one attached hydrogen (secondary N) is 1. The van der Waals surface area contributed by atoms with E-state index in [-0.39, 0.29) is 0 Å². The van der Waals surface area contributed by atoms with Gasteiger partial charge in [-0.05, 0) is 18.1 Å². The predicted octanol–water partition coefficient (Wildman–Crippen LogP) is 3.87. The molecule has 0 bridgehead atoms. The molecule has 2 rings (SSSR count). The van der Waals surface area contributed by atoms with Crippen molar-refractivity contribution in [2.45, 2.75) is 26.3 Å².